The number of hydrogen-bond donors (Lipinski definition) is 2. The molecule has 0 spiro atoms. The van der Waals surface area contributed by atoms with E-state index in [1.54, 1.807) is 4.90 Å². The van der Waals surface area contributed by atoms with E-state index in [0.29, 0.717) is 12.6 Å². The fourth-order valence-electron chi connectivity index (χ4n) is 6.13. The predicted molar refractivity (Wildman–Crippen MR) is 152 cm³/mol. The highest BCUT2D eigenvalue weighted by Gasteiger charge is 2.33. The lowest BCUT2D eigenvalue weighted by molar-refractivity contribution is 0.0363. The minimum atomic E-state index is -0.332. The minimum absolute atomic E-state index is 0.0634. The van der Waals surface area contributed by atoms with Gasteiger partial charge in [-0.1, -0.05) is 19.8 Å². The van der Waals surface area contributed by atoms with Crippen LogP contribution in [0.2, 0.25) is 0 Å². The molecule has 9 nitrogen and oxygen atoms in total. The number of benzene rings is 1. The minimum Gasteiger partial charge on any atom is -0.491 e. The lowest BCUT2D eigenvalue weighted by Crippen LogP contribution is -2.42. The summed E-state index contributed by atoms with van der Waals surface area (Å²) in [5.74, 6) is 0.854. The molecule has 0 bridgehead atoms. The number of nitrogens with one attached hydrogen (secondary N) is 2. The highest BCUT2D eigenvalue weighted by molar-refractivity contribution is 5.92. The Morgan fingerprint density at radius 3 is 2.77 bits per heavy atom. The molecule has 0 saturated carbocycles. The number of amides is 1. The number of unbranched alkanes of at least 4 members (excludes halogenated alkanes) is 2. The molecule has 9 heteroatoms. The number of ether oxygens (including phenoxy) is 3. The number of piperidine rings is 1. The van der Waals surface area contributed by atoms with Crippen LogP contribution in [-0.2, 0) is 15.9 Å². The maximum atomic E-state index is 12.7. The number of aromatic nitrogens is 2. The van der Waals surface area contributed by atoms with Gasteiger partial charge >= 0.3 is 6.09 Å². The van der Waals surface area contributed by atoms with Gasteiger partial charge in [0.05, 0.1) is 25.0 Å². The standard InChI is InChI=1S/C30H45N5O4/c1-4-5-6-17-38-28-12-8-23(33-28)20-39-29-25(22-18-32-34(19-22)24-13-15-31-16-14-24)10-11-27-26(29)9-7-21(2)35(27)30(36)37-3/h10-11,18-19,21,23-24,28,31,33H,4-9,12-17,20H2,1-3H3/t21-,23+,28?/m0/s1. The summed E-state index contributed by atoms with van der Waals surface area (Å²) in [5.41, 5.74) is 4.02. The van der Waals surface area contributed by atoms with Gasteiger partial charge in [-0.05, 0) is 77.1 Å². The van der Waals surface area contributed by atoms with Crippen LogP contribution in [0.25, 0.3) is 11.1 Å². The molecular formula is C30H45N5O4. The van der Waals surface area contributed by atoms with Crippen molar-refractivity contribution in [2.24, 2.45) is 0 Å². The van der Waals surface area contributed by atoms with E-state index in [4.69, 9.17) is 19.3 Å². The third kappa shape index (κ3) is 6.42. The molecule has 3 atom stereocenters. The first kappa shape index (κ1) is 27.9. The molecule has 3 aliphatic rings. The lowest BCUT2D eigenvalue weighted by Gasteiger charge is -2.35. The zero-order chi connectivity index (χ0) is 27.2. The number of rotatable bonds is 10. The number of methoxy groups -OCH3 is 1. The van der Waals surface area contributed by atoms with Gasteiger partial charge in [-0.2, -0.15) is 5.10 Å². The van der Waals surface area contributed by atoms with Crippen molar-refractivity contribution in [3.05, 3.63) is 30.1 Å². The van der Waals surface area contributed by atoms with Crippen molar-refractivity contribution >= 4 is 11.8 Å². The first-order valence-electron chi connectivity index (χ1n) is 14.9. The van der Waals surface area contributed by atoms with Crippen LogP contribution in [0.1, 0.15) is 76.8 Å². The van der Waals surface area contributed by atoms with Gasteiger partial charge < -0.3 is 19.5 Å². The van der Waals surface area contributed by atoms with Gasteiger partial charge in [0, 0.05) is 41.6 Å². The van der Waals surface area contributed by atoms with Crippen molar-refractivity contribution in [1.82, 2.24) is 20.4 Å². The SMILES string of the molecule is CCCCCOC1CC[C@H](COc2c(-c3cnn(C4CCNCC4)c3)ccc3c2CC[C@H](C)N3C(=O)OC)N1. The monoisotopic (exact) mass is 539 g/mol. The fourth-order valence-corrected chi connectivity index (χ4v) is 6.13. The van der Waals surface area contributed by atoms with E-state index in [0.717, 1.165) is 92.8 Å². The molecular weight excluding hydrogens is 494 g/mol. The van der Waals surface area contributed by atoms with Gasteiger partial charge in [0.1, 0.15) is 18.6 Å². The molecule has 1 unspecified atom stereocenters. The van der Waals surface area contributed by atoms with Gasteiger partial charge in [0.2, 0.25) is 0 Å². The number of fused-ring (bicyclic) bond motifs is 1. The van der Waals surface area contributed by atoms with E-state index in [-0.39, 0.29) is 24.4 Å². The summed E-state index contributed by atoms with van der Waals surface area (Å²) in [6.45, 7) is 7.67. The summed E-state index contributed by atoms with van der Waals surface area (Å²) in [7, 11) is 1.44. The quantitative estimate of drug-likeness (QED) is 0.409. The highest BCUT2D eigenvalue weighted by Crippen LogP contribution is 2.43. The van der Waals surface area contributed by atoms with E-state index in [2.05, 4.69) is 41.4 Å². The van der Waals surface area contributed by atoms with Crippen LogP contribution in [0.4, 0.5) is 10.5 Å². The first-order valence-corrected chi connectivity index (χ1v) is 14.9. The summed E-state index contributed by atoms with van der Waals surface area (Å²) in [4.78, 5) is 14.5. The molecule has 2 aromatic rings. The number of anilines is 1. The number of carbonyl (C=O) groups excluding carboxylic acids is 1. The van der Waals surface area contributed by atoms with Crippen LogP contribution < -0.4 is 20.3 Å². The summed E-state index contributed by atoms with van der Waals surface area (Å²) in [5, 5.41) is 11.8. The van der Waals surface area contributed by atoms with E-state index < -0.39 is 0 Å². The van der Waals surface area contributed by atoms with E-state index in [9.17, 15) is 4.79 Å². The van der Waals surface area contributed by atoms with Crippen molar-refractivity contribution in [1.29, 1.82) is 0 Å². The molecule has 39 heavy (non-hydrogen) atoms. The fraction of sp³-hybridized carbons (Fsp3) is 0.667. The smallest absolute Gasteiger partial charge is 0.414 e. The van der Waals surface area contributed by atoms with Crippen molar-refractivity contribution in [2.75, 3.05) is 38.3 Å². The maximum Gasteiger partial charge on any atom is 0.414 e. The van der Waals surface area contributed by atoms with Crippen LogP contribution in [0.15, 0.2) is 24.5 Å². The predicted octanol–water partition coefficient (Wildman–Crippen LogP) is 5.05. The van der Waals surface area contributed by atoms with Crippen LogP contribution in [0.3, 0.4) is 0 Å². The Kier molecular flexibility index (Phi) is 9.42. The average molecular weight is 540 g/mol. The van der Waals surface area contributed by atoms with Gasteiger partial charge in [0.25, 0.3) is 0 Å². The topological polar surface area (TPSA) is 89.9 Å². The summed E-state index contributed by atoms with van der Waals surface area (Å²) in [6, 6.07) is 4.82. The molecule has 2 saturated heterocycles. The molecule has 1 amide bonds. The molecule has 3 aliphatic heterocycles. The zero-order valence-corrected chi connectivity index (χ0v) is 23.8. The number of carbonyl (C=O) groups is 1. The van der Waals surface area contributed by atoms with E-state index >= 15 is 0 Å². The normalized spacial score (nSPS) is 23.6. The third-order valence-electron chi connectivity index (χ3n) is 8.41. The van der Waals surface area contributed by atoms with Gasteiger partial charge in [-0.15, -0.1) is 0 Å². The second kappa shape index (κ2) is 13.2. The molecule has 1 aromatic heterocycles. The Morgan fingerprint density at radius 1 is 1.13 bits per heavy atom. The Morgan fingerprint density at radius 2 is 1.97 bits per heavy atom. The number of hydrogen-bond acceptors (Lipinski definition) is 7. The third-order valence-corrected chi connectivity index (χ3v) is 8.41. The molecule has 4 heterocycles. The summed E-state index contributed by atoms with van der Waals surface area (Å²) < 4.78 is 20.0. The molecule has 214 valence electrons. The van der Waals surface area contributed by atoms with Crippen LogP contribution in [0, 0.1) is 0 Å². The molecule has 0 aliphatic carbocycles. The van der Waals surface area contributed by atoms with Gasteiger partial charge in [-0.25, -0.2) is 4.79 Å². The second-order valence-electron chi connectivity index (χ2n) is 11.2. The van der Waals surface area contributed by atoms with Gasteiger partial charge in [0.15, 0.2) is 0 Å². The van der Waals surface area contributed by atoms with Gasteiger partial charge in [-0.3, -0.25) is 14.9 Å². The Balaban J connectivity index is 1.38. The molecule has 5 rings (SSSR count). The first-order chi connectivity index (χ1) is 19.1. The van der Waals surface area contributed by atoms with Crippen LogP contribution >= 0.6 is 0 Å². The Labute approximate surface area is 232 Å². The van der Waals surface area contributed by atoms with Crippen molar-refractivity contribution < 1.29 is 19.0 Å². The molecule has 2 fully saturated rings. The summed E-state index contributed by atoms with van der Waals surface area (Å²) in [6.07, 6.45) is 13.2. The Hall–Kier alpha value is -2.62. The van der Waals surface area contributed by atoms with E-state index in [1.165, 1.54) is 20.0 Å². The lowest BCUT2D eigenvalue weighted by atomic mass is 9.92. The highest BCUT2D eigenvalue weighted by atomic mass is 16.5. The summed E-state index contributed by atoms with van der Waals surface area (Å²) >= 11 is 0. The van der Waals surface area contributed by atoms with Crippen molar-refractivity contribution in [3.63, 3.8) is 0 Å². The van der Waals surface area contributed by atoms with Crippen LogP contribution in [-0.4, -0.2) is 67.6 Å². The van der Waals surface area contributed by atoms with Crippen molar-refractivity contribution in [3.8, 4) is 16.9 Å². The maximum absolute atomic E-state index is 12.7. The van der Waals surface area contributed by atoms with Crippen LogP contribution in [0.5, 0.6) is 5.75 Å². The Bertz CT molecular complexity index is 1100. The second-order valence-corrected chi connectivity index (χ2v) is 11.2. The molecule has 1 aromatic carbocycles. The largest absolute Gasteiger partial charge is 0.491 e. The average Bonchev–Trinajstić information content (AvgIpc) is 3.64. The molecule has 0 radical (unpaired) electrons. The molecule has 2 N–H and O–H groups in total. The van der Waals surface area contributed by atoms with E-state index in [1.807, 2.05) is 12.3 Å². The zero-order valence-electron chi connectivity index (χ0n) is 23.8. The number of nitrogens with zero attached hydrogens (tertiary/aromatic N) is 3. The van der Waals surface area contributed by atoms with Crippen molar-refractivity contribution in [2.45, 2.75) is 96.0 Å².